The van der Waals surface area contributed by atoms with Crippen molar-refractivity contribution in [2.45, 2.75) is 13.5 Å². The lowest BCUT2D eigenvalue weighted by Crippen LogP contribution is -2.29. The molecular formula is C14H16N4O2. The summed E-state index contributed by atoms with van der Waals surface area (Å²) in [5.41, 5.74) is 2.10. The molecule has 104 valence electrons. The van der Waals surface area contributed by atoms with Crippen molar-refractivity contribution in [2.75, 3.05) is 17.7 Å². The molecule has 1 amide bonds. The third-order valence-corrected chi connectivity index (χ3v) is 2.79. The first-order valence-electron chi connectivity index (χ1n) is 6.20. The maximum Gasteiger partial charge on any atom is 0.269 e. The van der Waals surface area contributed by atoms with E-state index in [0.717, 1.165) is 10.2 Å². The smallest absolute Gasteiger partial charge is 0.269 e. The number of aromatic nitrogens is 2. The van der Waals surface area contributed by atoms with Crippen molar-refractivity contribution in [3.8, 4) is 0 Å². The highest BCUT2D eigenvalue weighted by Crippen LogP contribution is 2.08. The molecule has 6 heteroatoms. The molecule has 0 aliphatic carbocycles. The molecule has 1 heterocycles. The van der Waals surface area contributed by atoms with E-state index in [1.165, 1.54) is 12.3 Å². The topological polar surface area (TPSA) is 76.0 Å². The zero-order chi connectivity index (χ0) is 14.5. The van der Waals surface area contributed by atoms with Crippen LogP contribution in [0.1, 0.15) is 5.56 Å². The molecule has 1 aromatic heterocycles. The lowest BCUT2D eigenvalue weighted by molar-refractivity contribution is -0.117. The number of carbonyl (C=O) groups excluding carboxylic acids is 1. The molecule has 2 N–H and O–H groups in total. The second kappa shape index (κ2) is 6.01. The van der Waals surface area contributed by atoms with Gasteiger partial charge in [-0.05, 0) is 19.1 Å². The molecule has 0 aliphatic rings. The minimum absolute atomic E-state index is 0.114. The summed E-state index contributed by atoms with van der Waals surface area (Å²) in [7, 11) is 1.70. The molecule has 20 heavy (non-hydrogen) atoms. The Bertz CT molecular complexity index is 662. The van der Waals surface area contributed by atoms with Gasteiger partial charge in [0.2, 0.25) is 5.91 Å². The van der Waals surface area contributed by atoms with E-state index in [0.29, 0.717) is 11.4 Å². The van der Waals surface area contributed by atoms with Crippen LogP contribution in [0.4, 0.5) is 11.4 Å². The second-order valence-corrected chi connectivity index (χ2v) is 4.40. The van der Waals surface area contributed by atoms with Gasteiger partial charge in [0.25, 0.3) is 5.56 Å². The van der Waals surface area contributed by atoms with Crippen molar-refractivity contribution in [1.29, 1.82) is 0 Å². The summed E-state index contributed by atoms with van der Waals surface area (Å²) in [6.45, 7) is 1.86. The van der Waals surface area contributed by atoms with Gasteiger partial charge in [-0.15, -0.1) is 0 Å². The van der Waals surface area contributed by atoms with Gasteiger partial charge in [0.1, 0.15) is 6.54 Å². The normalized spacial score (nSPS) is 10.1. The fourth-order valence-electron chi connectivity index (χ4n) is 1.66. The number of anilines is 2. The fourth-order valence-corrected chi connectivity index (χ4v) is 1.66. The van der Waals surface area contributed by atoms with E-state index >= 15 is 0 Å². The van der Waals surface area contributed by atoms with Crippen molar-refractivity contribution in [3.05, 3.63) is 52.4 Å². The number of amides is 1. The number of aryl methyl sites for hydroxylation is 1. The molecule has 6 nitrogen and oxygen atoms in total. The van der Waals surface area contributed by atoms with Crippen molar-refractivity contribution in [3.63, 3.8) is 0 Å². The second-order valence-electron chi connectivity index (χ2n) is 4.40. The summed E-state index contributed by atoms with van der Waals surface area (Å²) in [5.74, 6) is -0.291. The van der Waals surface area contributed by atoms with E-state index in [2.05, 4.69) is 15.7 Å². The highest BCUT2D eigenvalue weighted by Gasteiger charge is 2.06. The quantitative estimate of drug-likeness (QED) is 0.877. The van der Waals surface area contributed by atoms with Gasteiger partial charge in [-0.3, -0.25) is 9.59 Å². The molecule has 0 radical (unpaired) electrons. The molecule has 2 rings (SSSR count). The fraction of sp³-hybridized carbons (Fsp3) is 0.214. The monoisotopic (exact) mass is 272 g/mol. The molecule has 0 saturated carbocycles. The third kappa shape index (κ3) is 3.44. The summed E-state index contributed by atoms with van der Waals surface area (Å²) in [5, 5.41) is 9.46. The van der Waals surface area contributed by atoms with Gasteiger partial charge in [-0.1, -0.05) is 17.7 Å². The van der Waals surface area contributed by atoms with E-state index < -0.39 is 0 Å². The predicted molar refractivity (Wildman–Crippen MR) is 77.9 cm³/mol. The molecule has 0 fully saturated rings. The molecule has 0 saturated heterocycles. The standard InChI is InChI=1S/C14H16N4O2/c1-10-3-5-11(6-4-10)17-13(19)9-18-14(20)7-12(15-2)8-16-18/h3-8,15H,9H2,1-2H3,(H,17,19). The van der Waals surface area contributed by atoms with E-state index in [4.69, 9.17) is 0 Å². The average Bonchev–Trinajstić information content (AvgIpc) is 2.43. The number of hydrogen-bond donors (Lipinski definition) is 2. The Kier molecular flexibility index (Phi) is 4.14. The SMILES string of the molecule is CNc1cnn(CC(=O)Nc2ccc(C)cc2)c(=O)c1. The van der Waals surface area contributed by atoms with Gasteiger partial charge in [0.15, 0.2) is 0 Å². The van der Waals surface area contributed by atoms with Crippen LogP contribution in [-0.2, 0) is 11.3 Å². The van der Waals surface area contributed by atoms with Gasteiger partial charge < -0.3 is 10.6 Å². The minimum Gasteiger partial charge on any atom is -0.387 e. The van der Waals surface area contributed by atoms with Crippen LogP contribution in [0, 0.1) is 6.92 Å². The lowest BCUT2D eigenvalue weighted by Gasteiger charge is -2.07. The van der Waals surface area contributed by atoms with Crippen molar-refractivity contribution < 1.29 is 4.79 Å². The molecule has 0 unspecified atom stereocenters. The first-order valence-corrected chi connectivity index (χ1v) is 6.20. The Hall–Kier alpha value is -2.63. The maximum atomic E-state index is 11.8. The van der Waals surface area contributed by atoms with Crippen LogP contribution in [0.15, 0.2) is 41.3 Å². The van der Waals surface area contributed by atoms with Crippen LogP contribution in [0.2, 0.25) is 0 Å². The van der Waals surface area contributed by atoms with Gasteiger partial charge in [0, 0.05) is 18.8 Å². The number of nitrogens with zero attached hydrogens (tertiary/aromatic N) is 2. The van der Waals surface area contributed by atoms with Gasteiger partial charge in [-0.2, -0.15) is 5.10 Å². The Morgan fingerprint density at radius 3 is 2.55 bits per heavy atom. The van der Waals surface area contributed by atoms with Crippen molar-refractivity contribution in [2.24, 2.45) is 0 Å². The van der Waals surface area contributed by atoms with E-state index in [1.807, 2.05) is 31.2 Å². The Balaban J connectivity index is 2.04. The Morgan fingerprint density at radius 1 is 1.25 bits per heavy atom. The minimum atomic E-state index is -0.323. The number of hydrogen-bond acceptors (Lipinski definition) is 4. The van der Waals surface area contributed by atoms with Crippen LogP contribution in [0.25, 0.3) is 0 Å². The Labute approximate surface area is 116 Å². The van der Waals surface area contributed by atoms with Crippen LogP contribution < -0.4 is 16.2 Å². The first-order chi connectivity index (χ1) is 9.58. The zero-order valence-corrected chi connectivity index (χ0v) is 11.4. The van der Waals surface area contributed by atoms with E-state index in [9.17, 15) is 9.59 Å². The number of nitrogens with one attached hydrogen (secondary N) is 2. The maximum absolute atomic E-state index is 11.8. The highest BCUT2D eigenvalue weighted by molar-refractivity contribution is 5.90. The zero-order valence-electron chi connectivity index (χ0n) is 11.4. The van der Waals surface area contributed by atoms with Crippen LogP contribution in [-0.4, -0.2) is 22.7 Å². The molecule has 0 atom stereocenters. The van der Waals surface area contributed by atoms with Gasteiger partial charge >= 0.3 is 0 Å². The number of carbonyl (C=O) groups is 1. The Morgan fingerprint density at radius 2 is 1.95 bits per heavy atom. The molecule has 1 aromatic carbocycles. The predicted octanol–water partition coefficient (Wildman–Crippen LogP) is 1.23. The molecule has 0 aliphatic heterocycles. The summed E-state index contributed by atoms with van der Waals surface area (Å²) >= 11 is 0. The first kappa shape index (κ1) is 13.8. The summed E-state index contributed by atoms with van der Waals surface area (Å²) in [6, 6.07) is 8.83. The van der Waals surface area contributed by atoms with Gasteiger partial charge in [-0.25, -0.2) is 4.68 Å². The number of rotatable bonds is 4. The highest BCUT2D eigenvalue weighted by atomic mass is 16.2. The third-order valence-electron chi connectivity index (χ3n) is 2.79. The van der Waals surface area contributed by atoms with Crippen LogP contribution in [0.3, 0.4) is 0 Å². The van der Waals surface area contributed by atoms with Crippen molar-refractivity contribution >= 4 is 17.3 Å². The van der Waals surface area contributed by atoms with Gasteiger partial charge in [0.05, 0.1) is 11.9 Å². The summed E-state index contributed by atoms with van der Waals surface area (Å²) in [6.07, 6.45) is 1.50. The molecular weight excluding hydrogens is 256 g/mol. The summed E-state index contributed by atoms with van der Waals surface area (Å²) in [4.78, 5) is 23.6. The molecule has 0 spiro atoms. The number of benzene rings is 1. The average molecular weight is 272 g/mol. The largest absolute Gasteiger partial charge is 0.387 e. The van der Waals surface area contributed by atoms with E-state index in [-0.39, 0.29) is 18.0 Å². The van der Waals surface area contributed by atoms with Crippen molar-refractivity contribution in [1.82, 2.24) is 9.78 Å². The molecule has 2 aromatic rings. The lowest BCUT2D eigenvalue weighted by atomic mass is 10.2. The van der Waals surface area contributed by atoms with Crippen LogP contribution in [0.5, 0.6) is 0 Å². The summed E-state index contributed by atoms with van der Waals surface area (Å²) < 4.78 is 1.12. The molecule has 0 bridgehead atoms. The van der Waals surface area contributed by atoms with E-state index in [1.54, 1.807) is 7.05 Å². The van der Waals surface area contributed by atoms with Crippen LogP contribution >= 0.6 is 0 Å².